The molecule has 1 aromatic heterocycles. The minimum absolute atomic E-state index is 0.356. The smallest absolute Gasteiger partial charge is 0.179 e. The average molecular weight is 374 g/mol. The van der Waals surface area contributed by atoms with E-state index in [-0.39, 0.29) is 0 Å². The van der Waals surface area contributed by atoms with Crippen molar-refractivity contribution in [2.45, 2.75) is 30.6 Å². The lowest BCUT2D eigenvalue weighted by molar-refractivity contribution is 0.249. The van der Waals surface area contributed by atoms with Crippen LogP contribution in [0.5, 0.6) is 0 Å². The first-order valence-electron chi connectivity index (χ1n) is 9.57. The molecular weight excluding hydrogens is 346 g/mol. The molecule has 5 nitrogen and oxygen atoms in total. The van der Waals surface area contributed by atoms with Gasteiger partial charge in [-0.15, -0.1) is 0 Å². The van der Waals surface area contributed by atoms with E-state index < -0.39 is 9.84 Å². The highest BCUT2D eigenvalue weighted by Gasteiger charge is 2.27. The Kier molecular flexibility index (Phi) is 4.88. The number of hydrogen-bond donors (Lipinski definition) is 0. The maximum Gasteiger partial charge on any atom is 0.179 e. The number of sulfone groups is 1. The second kappa shape index (κ2) is 7.16. The van der Waals surface area contributed by atoms with E-state index in [0.29, 0.717) is 4.90 Å². The fraction of sp³-hybridized carbons (Fsp3) is 0.550. The molecule has 0 spiro atoms. The van der Waals surface area contributed by atoms with Crippen LogP contribution in [0.2, 0.25) is 0 Å². The molecule has 26 heavy (non-hydrogen) atoms. The van der Waals surface area contributed by atoms with Gasteiger partial charge < -0.3 is 9.80 Å². The Hall–Kier alpha value is -1.66. The standard InChI is InChI=1S/C20H27N3O2S/c1-26(24,25)19-14-21-18-7-3-2-6-17(18)20(19)23-12-8-16(9-13-23)15-22-10-4-5-11-22/h2-3,6-7,14,16H,4-5,8-13,15H2,1H3. The van der Waals surface area contributed by atoms with Gasteiger partial charge in [-0.1, -0.05) is 18.2 Å². The van der Waals surface area contributed by atoms with Crippen molar-refractivity contribution in [3.05, 3.63) is 30.5 Å². The van der Waals surface area contributed by atoms with Gasteiger partial charge in [-0.2, -0.15) is 0 Å². The SMILES string of the molecule is CS(=O)(=O)c1cnc2ccccc2c1N1CCC(CN2CCCC2)CC1. The maximum absolute atomic E-state index is 12.4. The normalized spacial score (nSPS) is 20.1. The fourth-order valence-corrected chi connectivity index (χ4v) is 5.21. The molecule has 0 aliphatic carbocycles. The molecule has 2 aliphatic heterocycles. The van der Waals surface area contributed by atoms with Gasteiger partial charge in [-0.05, 0) is 50.8 Å². The number of fused-ring (bicyclic) bond motifs is 1. The molecule has 2 fully saturated rings. The zero-order valence-electron chi connectivity index (χ0n) is 15.4. The predicted octanol–water partition coefficient (Wildman–Crippen LogP) is 2.95. The molecule has 0 amide bonds. The lowest BCUT2D eigenvalue weighted by atomic mass is 9.95. The van der Waals surface area contributed by atoms with Crippen molar-refractivity contribution >= 4 is 26.4 Å². The summed E-state index contributed by atoms with van der Waals surface area (Å²) in [6.07, 6.45) is 7.72. The zero-order chi connectivity index (χ0) is 18.1. The summed E-state index contributed by atoms with van der Waals surface area (Å²) in [5.74, 6) is 0.721. The van der Waals surface area contributed by atoms with Gasteiger partial charge in [-0.25, -0.2) is 8.42 Å². The number of rotatable bonds is 4. The molecule has 0 atom stereocenters. The molecule has 2 aliphatic rings. The van der Waals surface area contributed by atoms with Crippen LogP contribution >= 0.6 is 0 Å². The van der Waals surface area contributed by atoms with Crippen LogP contribution in [-0.4, -0.2) is 57.3 Å². The highest BCUT2D eigenvalue weighted by Crippen LogP contribution is 2.35. The van der Waals surface area contributed by atoms with Crippen molar-refractivity contribution in [3.63, 3.8) is 0 Å². The Morgan fingerprint density at radius 3 is 2.46 bits per heavy atom. The topological polar surface area (TPSA) is 53.5 Å². The molecule has 2 saturated heterocycles. The molecule has 1 aromatic carbocycles. The molecule has 3 heterocycles. The van der Waals surface area contributed by atoms with Crippen LogP contribution in [-0.2, 0) is 9.84 Å². The van der Waals surface area contributed by atoms with E-state index in [1.54, 1.807) is 0 Å². The molecular formula is C20H27N3O2S. The molecule has 6 heteroatoms. The number of anilines is 1. The average Bonchev–Trinajstić information content (AvgIpc) is 3.14. The summed E-state index contributed by atoms with van der Waals surface area (Å²) in [4.78, 5) is 9.58. The van der Waals surface area contributed by atoms with Crippen LogP contribution in [0, 0.1) is 5.92 Å². The lowest BCUT2D eigenvalue weighted by Crippen LogP contribution is -2.38. The molecule has 0 N–H and O–H groups in total. The van der Waals surface area contributed by atoms with E-state index in [9.17, 15) is 8.42 Å². The highest BCUT2D eigenvalue weighted by molar-refractivity contribution is 7.90. The summed E-state index contributed by atoms with van der Waals surface area (Å²) in [5.41, 5.74) is 1.70. The summed E-state index contributed by atoms with van der Waals surface area (Å²) < 4.78 is 24.7. The number of para-hydroxylation sites is 1. The number of benzene rings is 1. The number of hydrogen-bond acceptors (Lipinski definition) is 5. The first-order valence-corrected chi connectivity index (χ1v) is 11.5. The third-order valence-electron chi connectivity index (χ3n) is 5.76. The van der Waals surface area contributed by atoms with Crippen molar-refractivity contribution in [1.29, 1.82) is 0 Å². The quantitative estimate of drug-likeness (QED) is 0.825. The molecule has 0 saturated carbocycles. The van der Waals surface area contributed by atoms with Crippen molar-refractivity contribution in [2.75, 3.05) is 43.9 Å². The van der Waals surface area contributed by atoms with Gasteiger partial charge in [0.1, 0.15) is 4.90 Å². The first kappa shape index (κ1) is 17.7. The van der Waals surface area contributed by atoms with Gasteiger partial charge in [0.2, 0.25) is 0 Å². The number of nitrogens with zero attached hydrogens (tertiary/aromatic N) is 3. The summed E-state index contributed by atoms with van der Waals surface area (Å²) in [6, 6.07) is 7.84. The number of aromatic nitrogens is 1. The summed E-state index contributed by atoms with van der Waals surface area (Å²) >= 11 is 0. The first-order chi connectivity index (χ1) is 12.5. The van der Waals surface area contributed by atoms with E-state index in [2.05, 4.69) is 14.8 Å². The molecule has 140 valence electrons. The second-order valence-electron chi connectivity index (χ2n) is 7.70. The largest absolute Gasteiger partial charge is 0.370 e. The van der Waals surface area contributed by atoms with Crippen molar-refractivity contribution < 1.29 is 8.42 Å². The van der Waals surface area contributed by atoms with Crippen LogP contribution in [0.1, 0.15) is 25.7 Å². The Labute approximate surface area is 155 Å². The predicted molar refractivity (Wildman–Crippen MR) is 105 cm³/mol. The van der Waals surface area contributed by atoms with Gasteiger partial charge >= 0.3 is 0 Å². The second-order valence-corrected chi connectivity index (χ2v) is 9.68. The Morgan fingerprint density at radius 2 is 1.77 bits per heavy atom. The van der Waals surface area contributed by atoms with E-state index >= 15 is 0 Å². The highest BCUT2D eigenvalue weighted by atomic mass is 32.2. The van der Waals surface area contributed by atoms with Crippen molar-refractivity contribution in [2.24, 2.45) is 5.92 Å². The molecule has 4 rings (SSSR count). The molecule has 0 unspecified atom stereocenters. The number of likely N-dealkylation sites (tertiary alicyclic amines) is 1. The van der Waals surface area contributed by atoms with E-state index in [0.717, 1.165) is 48.4 Å². The van der Waals surface area contributed by atoms with Gasteiger partial charge in [-0.3, -0.25) is 4.98 Å². The fourth-order valence-electron chi connectivity index (χ4n) is 4.38. The van der Waals surface area contributed by atoms with Crippen LogP contribution in [0.4, 0.5) is 5.69 Å². The monoisotopic (exact) mass is 373 g/mol. The van der Waals surface area contributed by atoms with E-state index in [1.807, 2.05) is 24.3 Å². The Morgan fingerprint density at radius 1 is 1.08 bits per heavy atom. The Bertz CT molecular complexity index is 883. The zero-order valence-corrected chi connectivity index (χ0v) is 16.2. The molecule has 0 radical (unpaired) electrons. The van der Waals surface area contributed by atoms with Gasteiger partial charge in [0.15, 0.2) is 9.84 Å². The summed E-state index contributed by atoms with van der Waals surface area (Å²) in [7, 11) is -3.32. The van der Waals surface area contributed by atoms with Crippen LogP contribution < -0.4 is 4.90 Å². The maximum atomic E-state index is 12.4. The number of piperidine rings is 1. The van der Waals surface area contributed by atoms with Gasteiger partial charge in [0.05, 0.1) is 11.2 Å². The van der Waals surface area contributed by atoms with Crippen molar-refractivity contribution in [3.8, 4) is 0 Å². The minimum atomic E-state index is -3.32. The van der Waals surface area contributed by atoms with Crippen LogP contribution in [0.25, 0.3) is 10.9 Å². The third-order valence-corrected chi connectivity index (χ3v) is 6.86. The summed E-state index contributed by atoms with van der Waals surface area (Å²) in [5, 5.41) is 0.938. The number of pyridine rings is 1. The third kappa shape index (κ3) is 3.58. The summed E-state index contributed by atoms with van der Waals surface area (Å²) in [6.45, 7) is 5.51. The molecule has 2 aromatic rings. The van der Waals surface area contributed by atoms with Crippen LogP contribution in [0.3, 0.4) is 0 Å². The van der Waals surface area contributed by atoms with Crippen LogP contribution in [0.15, 0.2) is 35.4 Å². The minimum Gasteiger partial charge on any atom is -0.370 e. The van der Waals surface area contributed by atoms with Gasteiger partial charge in [0, 0.05) is 37.5 Å². The van der Waals surface area contributed by atoms with Crippen molar-refractivity contribution in [1.82, 2.24) is 9.88 Å². The van der Waals surface area contributed by atoms with E-state index in [1.165, 1.54) is 44.9 Å². The molecule has 0 bridgehead atoms. The Balaban J connectivity index is 1.60. The van der Waals surface area contributed by atoms with Gasteiger partial charge in [0.25, 0.3) is 0 Å². The van der Waals surface area contributed by atoms with E-state index in [4.69, 9.17) is 0 Å². The lowest BCUT2D eigenvalue weighted by Gasteiger charge is -2.36.